The lowest BCUT2D eigenvalue weighted by molar-refractivity contribution is -0.145. The van der Waals surface area contributed by atoms with E-state index in [1.54, 1.807) is 13.8 Å². The highest BCUT2D eigenvalue weighted by Crippen LogP contribution is 2.26. The van der Waals surface area contributed by atoms with Gasteiger partial charge in [0.05, 0.1) is 43.8 Å². The summed E-state index contributed by atoms with van der Waals surface area (Å²) in [6, 6.07) is 4.23. The maximum atomic E-state index is 13.1. The molecule has 1 aromatic rings. The van der Waals surface area contributed by atoms with Gasteiger partial charge in [0.25, 0.3) is 5.91 Å². The molecule has 1 aliphatic heterocycles. The topological polar surface area (TPSA) is 102 Å². The van der Waals surface area contributed by atoms with E-state index >= 15 is 0 Å². The van der Waals surface area contributed by atoms with Crippen LogP contribution in [0, 0.1) is 5.92 Å². The lowest BCUT2D eigenvalue weighted by Gasteiger charge is -2.27. The molecule has 0 saturated carbocycles. The van der Waals surface area contributed by atoms with Crippen molar-refractivity contribution in [3.8, 4) is 5.75 Å². The summed E-state index contributed by atoms with van der Waals surface area (Å²) in [5.41, 5.74) is 0.126. The predicted octanol–water partition coefficient (Wildman–Crippen LogP) is 0.987. The van der Waals surface area contributed by atoms with Crippen molar-refractivity contribution in [1.29, 1.82) is 0 Å². The number of nitrogens with zero attached hydrogens (tertiary/aromatic N) is 2. The molecule has 0 spiro atoms. The van der Waals surface area contributed by atoms with Crippen molar-refractivity contribution in [2.75, 3.05) is 53.6 Å². The summed E-state index contributed by atoms with van der Waals surface area (Å²) in [7, 11) is -1.06. The fourth-order valence-corrected chi connectivity index (χ4v) is 4.52. The Hall–Kier alpha value is -2.17. The van der Waals surface area contributed by atoms with E-state index in [2.05, 4.69) is 0 Å². The Kier molecular flexibility index (Phi) is 8.00. The second-order valence-corrected chi connectivity index (χ2v) is 8.58. The van der Waals surface area contributed by atoms with Crippen molar-refractivity contribution in [2.45, 2.75) is 18.7 Å². The van der Waals surface area contributed by atoms with E-state index in [1.807, 2.05) is 0 Å². The van der Waals surface area contributed by atoms with Gasteiger partial charge in [-0.2, -0.15) is 4.31 Å². The Morgan fingerprint density at radius 2 is 1.90 bits per heavy atom. The molecule has 1 saturated heterocycles. The van der Waals surface area contributed by atoms with Crippen LogP contribution in [0.3, 0.4) is 0 Å². The standard InChI is InChI=1S/C19H28N2O7S/c1-5-20(13-14(2)19(23)27-4)18(22)16-12-15(6-7-17(16)26-3)29(24,25)21-8-10-28-11-9-21/h6-7,12,14H,5,8-11,13H2,1-4H3. The summed E-state index contributed by atoms with van der Waals surface area (Å²) in [6.45, 7) is 5.10. The highest BCUT2D eigenvalue weighted by molar-refractivity contribution is 7.89. The van der Waals surface area contributed by atoms with Crippen LogP contribution in [0.1, 0.15) is 24.2 Å². The Morgan fingerprint density at radius 3 is 2.45 bits per heavy atom. The number of rotatable bonds is 8. The molecule has 0 radical (unpaired) electrons. The molecule has 2 rings (SSSR count). The average molecular weight is 429 g/mol. The van der Waals surface area contributed by atoms with Gasteiger partial charge >= 0.3 is 5.97 Å². The van der Waals surface area contributed by atoms with Gasteiger partial charge in [-0.15, -0.1) is 0 Å². The average Bonchev–Trinajstić information content (AvgIpc) is 2.76. The minimum absolute atomic E-state index is 0.0145. The number of morpholine rings is 1. The third kappa shape index (κ3) is 5.26. The SMILES string of the molecule is CCN(CC(C)C(=O)OC)C(=O)c1cc(S(=O)(=O)N2CCOCC2)ccc1OC. The molecule has 0 N–H and O–H groups in total. The normalized spacial score (nSPS) is 16.1. The van der Waals surface area contributed by atoms with Gasteiger partial charge in [-0.25, -0.2) is 8.42 Å². The molecule has 1 unspecified atom stereocenters. The van der Waals surface area contributed by atoms with Crippen molar-refractivity contribution in [3.05, 3.63) is 23.8 Å². The molecule has 1 atom stereocenters. The van der Waals surface area contributed by atoms with Crippen molar-refractivity contribution in [3.63, 3.8) is 0 Å². The van der Waals surface area contributed by atoms with E-state index in [9.17, 15) is 18.0 Å². The number of amides is 1. The minimum atomic E-state index is -3.76. The van der Waals surface area contributed by atoms with Crippen molar-refractivity contribution >= 4 is 21.9 Å². The van der Waals surface area contributed by atoms with E-state index < -0.39 is 27.8 Å². The zero-order valence-electron chi connectivity index (χ0n) is 17.2. The number of hydrogen-bond donors (Lipinski definition) is 0. The Bertz CT molecular complexity index is 835. The molecule has 1 fully saturated rings. The molecule has 29 heavy (non-hydrogen) atoms. The van der Waals surface area contributed by atoms with Gasteiger partial charge in [-0.05, 0) is 25.1 Å². The Balaban J connectivity index is 2.36. The fourth-order valence-electron chi connectivity index (χ4n) is 3.08. The molecule has 1 heterocycles. The lowest BCUT2D eigenvalue weighted by atomic mass is 10.1. The van der Waals surface area contributed by atoms with Crippen molar-refractivity contribution in [2.24, 2.45) is 5.92 Å². The quantitative estimate of drug-likeness (QED) is 0.569. The number of benzene rings is 1. The van der Waals surface area contributed by atoms with E-state index in [-0.39, 0.29) is 35.8 Å². The van der Waals surface area contributed by atoms with Crippen LogP contribution in [0.15, 0.2) is 23.1 Å². The zero-order valence-corrected chi connectivity index (χ0v) is 18.0. The molecule has 1 aliphatic rings. The van der Waals surface area contributed by atoms with Crippen LogP contribution in [-0.2, 0) is 24.3 Å². The summed E-state index contributed by atoms with van der Waals surface area (Å²) in [6.07, 6.45) is 0. The van der Waals surface area contributed by atoms with Gasteiger partial charge < -0.3 is 19.1 Å². The Morgan fingerprint density at radius 1 is 1.24 bits per heavy atom. The molecule has 0 aliphatic carbocycles. The Labute approximate surface area is 171 Å². The number of hydrogen-bond acceptors (Lipinski definition) is 7. The first-order valence-corrected chi connectivity index (χ1v) is 10.8. The van der Waals surface area contributed by atoms with Crippen LogP contribution in [0.4, 0.5) is 0 Å². The molecule has 1 amide bonds. The summed E-state index contributed by atoms with van der Waals surface area (Å²) in [5.74, 6) is -1.10. The predicted molar refractivity (Wildman–Crippen MR) is 105 cm³/mol. The molecule has 9 nitrogen and oxygen atoms in total. The smallest absolute Gasteiger partial charge is 0.310 e. The minimum Gasteiger partial charge on any atom is -0.496 e. The zero-order chi connectivity index (χ0) is 21.6. The number of carbonyl (C=O) groups excluding carboxylic acids is 2. The summed E-state index contributed by atoms with van der Waals surface area (Å²) in [4.78, 5) is 26.3. The van der Waals surface area contributed by atoms with Crippen LogP contribution in [-0.4, -0.2) is 83.1 Å². The third-order valence-electron chi connectivity index (χ3n) is 4.78. The number of ether oxygens (including phenoxy) is 3. The van der Waals surface area contributed by atoms with E-state index in [4.69, 9.17) is 14.2 Å². The van der Waals surface area contributed by atoms with E-state index in [1.165, 1.54) is 41.6 Å². The second kappa shape index (κ2) is 10.0. The number of esters is 1. The van der Waals surface area contributed by atoms with Gasteiger partial charge in [-0.3, -0.25) is 9.59 Å². The molecule has 0 bridgehead atoms. The molecular formula is C19H28N2O7S. The van der Waals surface area contributed by atoms with Gasteiger partial charge in [0.1, 0.15) is 5.75 Å². The van der Waals surface area contributed by atoms with Crippen molar-refractivity contribution < 1.29 is 32.2 Å². The molecule has 162 valence electrons. The van der Waals surface area contributed by atoms with Gasteiger partial charge in [0.2, 0.25) is 10.0 Å². The summed E-state index contributed by atoms with van der Waals surface area (Å²) >= 11 is 0. The largest absolute Gasteiger partial charge is 0.496 e. The van der Waals surface area contributed by atoms with Gasteiger partial charge in [0, 0.05) is 26.2 Å². The number of methoxy groups -OCH3 is 2. The first-order valence-electron chi connectivity index (χ1n) is 9.39. The monoisotopic (exact) mass is 428 g/mol. The van der Waals surface area contributed by atoms with Gasteiger partial charge in [-0.1, -0.05) is 6.92 Å². The number of carbonyl (C=O) groups is 2. The molecule has 0 aromatic heterocycles. The summed E-state index contributed by atoms with van der Waals surface area (Å²) in [5, 5.41) is 0. The van der Waals surface area contributed by atoms with Crippen LogP contribution in [0.5, 0.6) is 5.75 Å². The lowest BCUT2D eigenvalue weighted by Crippen LogP contribution is -2.40. The van der Waals surface area contributed by atoms with Crippen LogP contribution < -0.4 is 4.74 Å². The van der Waals surface area contributed by atoms with Crippen LogP contribution in [0.25, 0.3) is 0 Å². The second-order valence-electron chi connectivity index (χ2n) is 6.65. The van der Waals surface area contributed by atoms with Crippen LogP contribution in [0.2, 0.25) is 0 Å². The van der Waals surface area contributed by atoms with Gasteiger partial charge in [0.15, 0.2) is 0 Å². The highest BCUT2D eigenvalue weighted by Gasteiger charge is 2.29. The molecule has 10 heteroatoms. The summed E-state index contributed by atoms with van der Waals surface area (Å²) < 4.78 is 42.5. The van der Waals surface area contributed by atoms with E-state index in [0.29, 0.717) is 19.8 Å². The highest BCUT2D eigenvalue weighted by atomic mass is 32.2. The van der Waals surface area contributed by atoms with Crippen molar-refractivity contribution in [1.82, 2.24) is 9.21 Å². The first kappa shape index (κ1) is 23.1. The maximum absolute atomic E-state index is 13.1. The molecule has 1 aromatic carbocycles. The van der Waals surface area contributed by atoms with Crippen LogP contribution >= 0.6 is 0 Å². The first-order chi connectivity index (χ1) is 13.8. The number of sulfonamides is 1. The molecular weight excluding hydrogens is 400 g/mol. The maximum Gasteiger partial charge on any atom is 0.310 e. The van der Waals surface area contributed by atoms with E-state index in [0.717, 1.165) is 0 Å². The fraction of sp³-hybridized carbons (Fsp3) is 0.579. The third-order valence-corrected chi connectivity index (χ3v) is 6.67.